The lowest BCUT2D eigenvalue weighted by Crippen LogP contribution is -2.30. The van der Waals surface area contributed by atoms with Gasteiger partial charge in [-0.1, -0.05) is 0 Å². The largest absolute Gasteiger partial charge is 0.472 e. The van der Waals surface area contributed by atoms with Gasteiger partial charge in [0.25, 0.3) is 11.1 Å². The Kier molecular flexibility index (Phi) is 15.7. The number of hydrogen-bond acceptors (Lipinski definition) is 29. The number of aliphatic hydroxyl groups is 4. The first-order valence-electron chi connectivity index (χ1n) is 22.7. The zero-order chi connectivity index (χ0) is 54.4. The molecule has 4 saturated heterocycles. The third kappa shape index (κ3) is 11.8. The molecule has 37 nitrogen and oxygen atoms in total. The molecule has 0 spiro atoms. The smallest absolute Gasteiger partial charge is 0.394 e. The van der Waals surface area contributed by atoms with E-state index in [1.807, 2.05) is 0 Å². The van der Waals surface area contributed by atoms with Crippen molar-refractivity contribution in [1.82, 2.24) is 68.1 Å². The number of fused-ring (bicyclic) bond motifs is 2. The maximum absolute atomic E-state index is 12.7. The van der Waals surface area contributed by atoms with Crippen molar-refractivity contribution in [2.75, 3.05) is 43.6 Å². The molecule has 4 fully saturated rings. The van der Waals surface area contributed by atoms with Crippen LogP contribution in [0.2, 0.25) is 0 Å². The Morgan fingerprint density at radius 2 is 0.987 bits per heavy atom. The number of ether oxygens (including phenoxy) is 4. The zero-order valence-corrected chi connectivity index (χ0v) is 41.1. The number of nitrogens with two attached hydrogens (primary N) is 3. The average Bonchev–Trinajstić information content (AvgIpc) is 4.23. The molecule has 0 aromatic carbocycles. The molecule has 14 N–H and O–H groups in total. The minimum Gasteiger partial charge on any atom is -0.394 e. The fourth-order valence-electron chi connectivity index (χ4n) is 8.61. The fraction of sp³-hybridized carbons (Fsp3) is 0.568. The van der Waals surface area contributed by atoms with E-state index in [0.29, 0.717) is 5.82 Å². The van der Waals surface area contributed by atoms with Gasteiger partial charge < -0.3 is 71.3 Å². The second-order valence-electron chi connectivity index (χ2n) is 17.3. The maximum atomic E-state index is 12.7. The fourth-order valence-corrected chi connectivity index (χ4v) is 10.5. The number of aryl methyl sites for hydroxylation is 1. The van der Waals surface area contributed by atoms with Crippen LogP contribution in [0, 0.1) is 6.92 Å². The average molecular weight is 1110 g/mol. The van der Waals surface area contributed by atoms with E-state index in [1.165, 1.54) is 21.8 Å². The number of aliphatic hydroxyl groups excluding tert-OH is 4. The lowest BCUT2D eigenvalue weighted by molar-refractivity contribution is -0.0568. The zero-order valence-electron chi connectivity index (χ0n) is 39.3. The van der Waals surface area contributed by atoms with Crippen molar-refractivity contribution in [2.24, 2.45) is 0 Å². The molecular formula is C37H49N17O20P2. The number of phosphoric acid groups is 2. The minimum absolute atomic E-state index is 0.00278. The Balaban J connectivity index is 0.000000186. The molecule has 39 heteroatoms. The molecule has 0 saturated carbocycles. The first-order chi connectivity index (χ1) is 36.1. The summed E-state index contributed by atoms with van der Waals surface area (Å²) in [4.78, 5) is 104. The van der Waals surface area contributed by atoms with Crippen molar-refractivity contribution < 1.29 is 76.4 Å². The van der Waals surface area contributed by atoms with Gasteiger partial charge in [0, 0.05) is 25.7 Å². The quantitative estimate of drug-likeness (QED) is 0.0407. The Morgan fingerprint density at radius 3 is 1.45 bits per heavy atom. The molecule has 6 aromatic rings. The second kappa shape index (κ2) is 21.9. The number of nitrogens with one attached hydrogen (secondary N) is 2. The summed E-state index contributed by atoms with van der Waals surface area (Å²) in [6.45, 7) is -0.608. The van der Waals surface area contributed by atoms with E-state index < -0.39 is 138 Å². The lowest BCUT2D eigenvalue weighted by atomic mass is 10.2. The van der Waals surface area contributed by atoms with Crippen molar-refractivity contribution in [2.45, 2.75) is 106 Å². The van der Waals surface area contributed by atoms with Crippen LogP contribution in [0.5, 0.6) is 0 Å². The first kappa shape index (κ1) is 54.4. The van der Waals surface area contributed by atoms with Crippen LogP contribution < -0.4 is 39.7 Å². The summed E-state index contributed by atoms with van der Waals surface area (Å²) in [6, 6.07) is 0. The van der Waals surface area contributed by atoms with E-state index in [-0.39, 0.29) is 65.9 Å². The number of nitrogen functional groups attached to an aromatic ring is 3. The molecule has 412 valence electrons. The minimum atomic E-state index is -4.76. The summed E-state index contributed by atoms with van der Waals surface area (Å²) >= 11 is 0. The molecule has 6 aromatic heterocycles. The van der Waals surface area contributed by atoms with Crippen molar-refractivity contribution in [3.63, 3.8) is 0 Å². The van der Waals surface area contributed by atoms with Gasteiger partial charge in [0.15, 0.2) is 22.3 Å². The number of nitrogens with zero attached hydrogens (tertiary/aromatic N) is 12. The van der Waals surface area contributed by atoms with E-state index in [2.05, 4.69) is 49.8 Å². The molecular weight excluding hydrogens is 1060 g/mol. The van der Waals surface area contributed by atoms with E-state index in [9.17, 15) is 58.5 Å². The number of phosphoric ester groups is 2. The highest BCUT2D eigenvalue weighted by atomic mass is 31.2. The van der Waals surface area contributed by atoms with Gasteiger partial charge >= 0.3 is 27.0 Å². The van der Waals surface area contributed by atoms with Gasteiger partial charge in [-0.15, -0.1) is 0 Å². The molecule has 10 rings (SSSR count). The van der Waals surface area contributed by atoms with Crippen LogP contribution in [0.3, 0.4) is 0 Å². The molecule has 4 aliphatic heterocycles. The summed E-state index contributed by atoms with van der Waals surface area (Å²) in [5.74, 6) is -0.231. The van der Waals surface area contributed by atoms with Crippen molar-refractivity contribution >= 4 is 55.8 Å². The van der Waals surface area contributed by atoms with Gasteiger partial charge in [0.05, 0.1) is 51.3 Å². The molecule has 0 bridgehead atoms. The van der Waals surface area contributed by atoms with Gasteiger partial charge in [-0.05, 0) is 6.92 Å². The monoisotopic (exact) mass is 1110 g/mol. The highest BCUT2D eigenvalue weighted by Gasteiger charge is 2.45. The molecule has 0 aliphatic carbocycles. The summed E-state index contributed by atoms with van der Waals surface area (Å²) in [7, 11) is -9.49. The van der Waals surface area contributed by atoms with Crippen LogP contribution in [-0.4, -0.2) is 174 Å². The molecule has 10 heterocycles. The first-order valence-corrected chi connectivity index (χ1v) is 25.7. The number of aromatic nitrogens is 14. The van der Waals surface area contributed by atoms with E-state index in [0.717, 1.165) is 21.8 Å². The molecule has 76 heavy (non-hydrogen) atoms. The number of imidazole rings is 2. The number of hydrogen-bond donors (Lipinski definition) is 11. The number of H-pyrrole nitrogens is 2. The van der Waals surface area contributed by atoms with Gasteiger partial charge in [-0.25, -0.2) is 43.6 Å². The van der Waals surface area contributed by atoms with E-state index >= 15 is 0 Å². The molecule has 14 atom stereocenters. The Morgan fingerprint density at radius 1 is 0.592 bits per heavy atom. The summed E-state index contributed by atoms with van der Waals surface area (Å²) in [6.07, 6.45) is -7.46. The second-order valence-corrected chi connectivity index (χ2v) is 20.1. The molecule has 4 aliphatic rings. The number of aromatic amines is 2. The standard InChI is InChI=1S/C19H25N8O10P.C18H24N9O10P/c1-8-23-16-15(17(30)24-8)21-6-26(16)14-3-10(11(4-28)35-14)37-38(32,33)34-5-12-9(29)2-13(36-12)27-7-22-18(20)25-19(27)31;19-16-22-6-27(18(31)25-16)12-2-8(9(3-28)35-12)37-38(32,33)34-4-10-7(29)1-11(36-10)26-5-21-13-14(26)23-17(20)24-15(13)30/h6-7,9-14,28-29H,2-5H2,1H3,(H,32,33)(H2,20,25,31)(H,23,24,30);5-12,28-29H,1-4H2,(H,32,33)(H2,19,25,31)(H3,20,23,24,30)/t9-,10-,11-,12-,13-,14-;7-,8-,9-,10-,11-,12-/m11/s1. The highest BCUT2D eigenvalue weighted by Crippen LogP contribution is 2.50. The van der Waals surface area contributed by atoms with Gasteiger partial charge in [-0.2, -0.15) is 15.0 Å². The summed E-state index contributed by atoms with van der Waals surface area (Å²) in [5.41, 5.74) is 14.3. The third-order valence-electron chi connectivity index (χ3n) is 12.2. The number of anilines is 3. The van der Waals surface area contributed by atoms with Crippen molar-refractivity contribution in [3.05, 3.63) is 72.8 Å². The highest BCUT2D eigenvalue weighted by molar-refractivity contribution is 7.47. The molecule has 0 radical (unpaired) electrons. The molecule has 2 unspecified atom stereocenters. The lowest BCUT2D eigenvalue weighted by Gasteiger charge is -2.21. The van der Waals surface area contributed by atoms with Crippen LogP contribution in [-0.2, 0) is 46.2 Å². The SMILES string of the molecule is Cc1nc2c(ncn2[C@H]2C[C@@H](OP(=O)(O)OC[C@H]3O[C@@H](n4cnc(N)nc4=O)C[C@H]3O)[C@@H](CO)O2)c(=O)[nH]1.Nc1ncn([C@H]2C[C@@H](OP(=O)(O)OC[C@H]3O[C@@H](n4cnc5c(=O)[nH]c(N)nc54)C[C@H]3O)[C@@H](CO)O2)c(=O)n1. The topological polar surface area (TPSA) is 530 Å². The van der Waals surface area contributed by atoms with E-state index in [1.54, 1.807) is 6.92 Å². The van der Waals surface area contributed by atoms with Gasteiger partial charge in [-0.3, -0.25) is 50.9 Å². The van der Waals surface area contributed by atoms with Crippen molar-refractivity contribution in [3.8, 4) is 0 Å². The van der Waals surface area contributed by atoms with Gasteiger partial charge in [0.2, 0.25) is 17.8 Å². The predicted molar refractivity (Wildman–Crippen MR) is 248 cm³/mol. The van der Waals surface area contributed by atoms with E-state index in [4.69, 9.17) is 54.2 Å². The third-order valence-corrected chi connectivity index (χ3v) is 14.2. The van der Waals surface area contributed by atoms with Crippen LogP contribution in [0.1, 0.15) is 56.4 Å². The predicted octanol–water partition coefficient (Wildman–Crippen LogP) is -4.54. The van der Waals surface area contributed by atoms with Crippen LogP contribution >= 0.6 is 15.6 Å². The van der Waals surface area contributed by atoms with Crippen LogP contribution in [0.25, 0.3) is 22.3 Å². The number of rotatable bonds is 16. The van der Waals surface area contributed by atoms with Crippen molar-refractivity contribution in [1.29, 1.82) is 0 Å². The molecule has 0 amide bonds. The summed E-state index contributed by atoms with van der Waals surface area (Å²) < 4.78 is 73.5. The Labute approximate surface area is 422 Å². The van der Waals surface area contributed by atoms with Gasteiger partial charge in [0.1, 0.15) is 80.0 Å². The Bertz CT molecular complexity index is 3430. The van der Waals surface area contributed by atoms with Crippen LogP contribution in [0.15, 0.2) is 44.5 Å². The Hall–Kier alpha value is -6.38. The van der Waals surface area contributed by atoms with Crippen LogP contribution in [0.4, 0.5) is 17.8 Å². The maximum Gasteiger partial charge on any atom is 0.472 e. The normalized spacial score (nSPS) is 29.1. The summed E-state index contributed by atoms with van der Waals surface area (Å²) in [5, 5.41) is 40.1.